The standard InChI is InChI=1S/C14H16N2O2/c1-2-11(15)14(10-6-4-3-5-7-10)9-8-12(17)16-13(14)18/h2-7,11H,1,8-9,15H2,(H,16,17,18). The van der Waals surface area contributed by atoms with Crippen molar-refractivity contribution in [3.05, 3.63) is 48.6 Å². The molecule has 3 N–H and O–H groups in total. The number of rotatable bonds is 3. The monoisotopic (exact) mass is 244 g/mol. The van der Waals surface area contributed by atoms with Gasteiger partial charge in [0.1, 0.15) is 0 Å². The molecule has 4 heteroatoms. The van der Waals surface area contributed by atoms with Gasteiger partial charge in [-0.05, 0) is 12.0 Å². The van der Waals surface area contributed by atoms with Crippen LogP contribution in [-0.2, 0) is 15.0 Å². The summed E-state index contributed by atoms with van der Waals surface area (Å²) in [6.07, 6.45) is 2.26. The Bertz CT molecular complexity index is 484. The van der Waals surface area contributed by atoms with Crippen LogP contribution in [0.4, 0.5) is 0 Å². The van der Waals surface area contributed by atoms with Crippen LogP contribution in [0.3, 0.4) is 0 Å². The summed E-state index contributed by atoms with van der Waals surface area (Å²) in [6, 6.07) is 8.79. The fraction of sp³-hybridized carbons (Fsp3) is 0.286. The first-order valence-electron chi connectivity index (χ1n) is 5.89. The van der Waals surface area contributed by atoms with Gasteiger partial charge in [-0.2, -0.15) is 0 Å². The second kappa shape index (κ2) is 4.74. The Morgan fingerprint density at radius 2 is 2.00 bits per heavy atom. The molecule has 2 atom stereocenters. The summed E-state index contributed by atoms with van der Waals surface area (Å²) in [6.45, 7) is 3.67. The first-order chi connectivity index (χ1) is 8.61. The van der Waals surface area contributed by atoms with Crippen LogP contribution in [0.2, 0.25) is 0 Å². The van der Waals surface area contributed by atoms with Gasteiger partial charge in [0.2, 0.25) is 11.8 Å². The number of piperidine rings is 1. The van der Waals surface area contributed by atoms with Crippen molar-refractivity contribution in [2.45, 2.75) is 24.3 Å². The van der Waals surface area contributed by atoms with E-state index in [9.17, 15) is 9.59 Å². The summed E-state index contributed by atoms with van der Waals surface area (Å²) in [5, 5.41) is 2.38. The molecule has 1 fully saturated rings. The molecule has 1 aliphatic heterocycles. The third-order valence-corrected chi connectivity index (χ3v) is 3.52. The molecule has 18 heavy (non-hydrogen) atoms. The lowest BCUT2D eigenvalue weighted by Crippen LogP contribution is -2.59. The van der Waals surface area contributed by atoms with Gasteiger partial charge < -0.3 is 5.73 Å². The molecular weight excluding hydrogens is 228 g/mol. The Morgan fingerprint density at radius 1 is 1.33 bits per heavy atom. The highest BCUT2D eigenvalue weighted by molar-refractivity contribution is 6.04. The fourth-order valence-electron chi connectivity index (χ4n) is 2.45. The second-order valence-electron chi connectivity index (χ2n) is 4.48. The SMILES string of the molecule is C=CC(N)C1(c2ccccc2)CCC(=O)NC1=O. The van der Waals surface area contributed by atoms with Crippen LogP contribution < -0.4 is 11.1 Å². The number of imide groups is 1. The minimum Gasteiger partial charge on any atom is -0.323 e. The van der Waals surface area contributed by atoms with Crippen molar-refractivity contribution in [2.24, 2.45) is 5.73 Å². The maximum absolute atomic E-state index is 12.3. The molecule has 94 valence electrons. The quantitative estimate of drug-likeness (QED) is 0.612. The summed E-state index contributed by atoms with van der Waals surface area (Å²) in [5.74, 6) is -0.583. The Balaban J connectivity index is 2.51. The van der Waals surface area contributed by atoms with Crippen LogP contribution >= 0.6 is 0 Å². The van der Waals surface area contributed by atoms with Crippen molar-refractivity contribution in [3.63, 3.8) is 0 Å². The van der Waals surface area contributed by atoms with E-state index in [2.05, 4.69) is 11.9 Å². The minimum atomic E-state index is -0.892. The summed E-state index contributed by atoms with van der Waals surface area (Å²) in [5.41, 5.74) is 5.99. The lowest BCUT2D eigenvalue weighted by atomic mass is 9.69. The van der Waals surface area contributed by atoms with Gasteiger partial charge in [-0.1, -0.05) is 36.4 Å². The molecule has 1 saturated heterocycles. The lowest BCUT2D eigenvalue weighted by molar-refractivity contribution is -0.138. The van der Waals surface area contributed by atoms with E-state index in [-0.39, 0.29) is 11.8 Å². The Hall–Kier alpha value is -1.94. The molecule has 0 aromatic heterocycles. The molecule has 0 bridgehead atoms. The lowest BCUT2D eigenvalue weighted by Gasteiger charge is -2.39. The number of benzene rings is 1. The van der Waals surface area contributed by atoms with Gasteiger partial charge in [-0.25, -0.2) is 0 Å². The molecule has 2 rings (SSSR count). The number of hydrogen-bond acceptors (Lipinski definition) is 3. The minimum absolute atomic E-state index is 0.247. The van der Waals surface area contributed by atoms with Gasteiger partial charge in [0.25, 0.3) is 0 Å². The molecule has 4 nitrogen and oxygen atoms in total. The molecule has 1 heterocycles. The van der Waals surface area contributed by atoms with Gasteiger partial charge in [-0.15, -0.1) is 6.58 Å². The molecule has 1 aromatic carbocycles. The van der Waals surface area contributed by atoms with Crippen LogP contribution in [0.25, 0.3) is 0 Å². The van der Waals surface area contributed by atoms with Gasteiger partial charge in [0, 0.05) is 12.5 Å². The van der Waals surface area contributed by atoms with Crippen molar-refractivity contribution in [1.29, 1.82) is 0 Å². The normalized spacial score (nSPS) is 25.4. The highest BCUT2D eigenvalue weighted by atomic mass is 16.2. The van der Waals surface area contributed by atoms with Crippen LogP contribution in [0.5, 0.6) is 0 Å². The molecule has 0 saturated carbocycles. The molecule has 0 aliphatic carbocycles. The average molecular weight is 244 g/mol. The Kier molecular flexibility index (Phi) is 3.30. The van der Waals surface area contributed by atoms with Gasteiger partial charge in [0.05, 0.1) is 5.41 Å². The van der Waals surface area contributed by atoms with E-state index in [4.69, 9.17) is 5.73 Å². The van der Waals surface area contributed by atoms with Crippen molar-refractivity contribution >= 4 is 11.8 Å². The third-order valence-electron chi connectivity index (χ3n) is 3.52. The molecule has 0 spiro atoms. The third kappa shape index (κ3) is 1.84. The van der Waals surface area contributed by atoms with E-state index >= 15 is 0 Å². The maximum Gasteiger partial charge on any atom is 0.239 e. The summed E-state index contributed by atoms with van der Waals surface area (Å²) >= 11 is 0. The number of hydrogen-bond donors (Lipinski definition) is 2. The first-order valence-corrected chi connectivity index (χ1v) is 5.89. The molecule has 2 unspecified atom stereocenters. The number of carbonyl (C=O) groups is 2. The molecule has 1 aliphatic rings. The molecule has 1 aromatic rings. The van der Waals surface area contributed by atoms with Gasteiger partial charge in [0.15, 0.2) is 0 Å². The zero-order chi connectivity index (χ0) is 13.2. The Morgan fingerprint density at radius 3 is 2.56 bits per heavy atom. The smallest absolute Gasteiger partial charge is 0.239 e. The van der Waals surface area contributed by atoms with E-state index < -0.39 is 11.5 Å². The number of nitrogens with one attached hydrogen (secondary N) is 1. The van der Waals surface area contributed by atoms with Crippen LogP contribution in [-0.4, -0.2) is 17.9 Å². The van der Waals surface area contributed by atoms with Crippen molar-refractivity contribution in [3.8, 4) is 0 Å². The number of amides is 2. The van der Waals surface area contributed by atoms with E-state index in [0.29, 0.717) is 12.8 Å². The van der Waals surface area contributed by atoms with E-state index in [0.717, 1.165) is 5.56 Å². The highest BCUT2D eigenvalue weighted by Crippen LogP contribution is 2.35. The predicted octanol–water partition coefficient (Wildman–Crippen LogP) is 0.874. The zero-order valence-corrected chi connectivity index (χ0v) is 10.1. The van der Waals surface area contributed by atoms with Gasteiger partial charge in [-0.3, -0.25) is 14.9 Å². The van der Waals surface area contributed by atoms with E-state index in [1.54, 1.807) is 6.08 Å². The van der Waals surface area contributed by atoms with Crippen LogP contribution in [0.15, 0.2) is 43.0 Å². The van der Waals surface area contributed by atoms with E-state index in [1.807, 2.05) is 30.3 Å². The zero-order valence-electron chi connectivity index (χ0n) is 10.1. The average Bonchev–Trinajstić information content (AvgIpc) is 2.39. The van der Waals surface area contributed by atoms with Gasteiger partial charge >= 0.3 is 0 Å². The van der Waals surface area contributed by atoms with Crippen molar-refractivity contribution in [2.75, 3.05) is 0 Å². The highest BCUT2D eigenvalue weighted by Gasteiger charge is 2.47. The summed E-state index contributed by atoms with van der Waals surface area (Å²) in [7, 11) is 0. The van der Waals surface area contributed by atoms with Crippen molar-refractivity contribution in [1.82, 2.24) is 5.32 Å². The first kappa shape index (κ1) is 12.5. The summed E-state index contributed by atoms with van der Waals surface area (Å²) < 4.78 is 0. The van der Waals surface area contributed by atoms with E-state index in [1.165, 1.54) is 0 Å². The largest absolute Gasteiger partial charge is 0.323 e. The topological polar surface area (TPSA) is 72.2 Å². The second-order valence-corrected chi connectivity index (χ2v) is 4.48. The fourth-order valence-corrected chi connectivity index (χ4v) is 2.45. The number of nitrogens with two attached hydrogens (primary N) is 1. The van der Waals surface area contributed by atoms with Crippen LogP contribution in [0, 0.1) is 0 Å². The molecule has 2 amide bonds. The Labute approximate surface area is 106 Å². The van der Waals surface area contributed by atoms with Crippen LogP contribution in [0.1, 0.15) is 18.4 Å². The summed E-state index contributed by atoms with van der Waals surface area (Å²) in [4.78, 5) is 23.6. The maximum atomic E-state index is 12.3. The predicted molar refractivity (Wildman–Crippen MR) is 68.7 cm³/mol. The molecule has 0 radical (unpaired) electrons. The number of carbonyl (C=O) groups excluding carboxylic acids is 2. The van der Waals surface area contributed by atoms with Crippen molar-refractivity contribution < 1.29 is 9.59 Å². The molecular formula is C14H16N2O2.